The van der Waals surface area contributed by atoms with E-state index in [2.05, 4.69) is 9.71 Å². The summed E-state index contributed by atoms with van der Waals surface area (Å²) in [7, 11) is -2.02. The highest BCUT2D eigenvalue weighted by Gasteiger charge is 2.28. The zero-order valence-corrected chi connectivity index (χ0v) is 24.8. The van der Waals surface area contributed by atoms with Crippen molar-refractivity contribution in [2.75, 3.05) is 4.90 Å². The van der Waals surface area contributed by atoms with Crippen LogP contribution >= 0.6 is 11.6 Å². The quantitative estimate of drug-likeness (QED) is 0.236. The molecule has 1 aliphatic rings. The lowest BCUT2D eigenvalue weighted by molar-refractivity contribution is -0.119. The topological polar surface area (TPSA) is 84.3 Å². The number of fused-ring (bicyclic) bond motifs is 1. The third-order valence-corrected chi connectivity index (χ3v) is 9.38. The van der Waals surface area contributed by atoms with Gasteiger partial charge in [0.2, 0.25) is 15.9 Å². The summed E-state index contributed by atoms with van der Waals surface area (Å²) in [6.07, 6.45) is 5.65. The van der Waals surface area contributed by atoms with Crippen molar-refractivity contribution in [3.05, 3.63) is 112 Å². The molecule has 0 aliphatic heterocycles. The van der Waals surface area contributed by atoms with Gasteiger partial charge in [-0.1, -0.05) is 36.7 Å². The Kier molecular flexibility index (Phi) is 8.77. The number of hydrogen-bond donors (Lipinski definition) is 1. The predicted molar refractivity (Wildman–Crippen MR) is 158 cm³/mol. The van der Waals surface area contributed by atoms with Crippen LogP contribution in [0.4, 0.5) is 14.5 Å². The minimum absolute atomic E-state index is 0.0391. The first-order valence-electron chi connectivity index (χ1n) is 13.6. The van der Waals surface area contributed by atoms with Gasteiger partial charge < -0.3 is 9.47 Å². The lowest BCUT2D eigenvalue weighted by Gasteiger charge is -2.30. The number of imidazole rings is 1. The fraction of sp³-hybridized carbons (Fsp3) is 0.290. The van der Waals surface area contributed by atoms with Crippen molar-refractivity contribution in [3.63, 3.8) is 0 Å². The SMILES string of the molecule is C[C@@H](CC(=O)N(Cc1nccn1C)c1ccc2c(c1)[C@@H](NS(=O)(=O)c1cccc(Cl)c1)CCC2)c1ccc(F)c(F)c1. The maximum Gasteiger partial charge on any atom is 0.241 e. The number of carbonyl (C=O) groups is 1. The van der Waals surface area contributed by atoms with Crippen molar-refractivity contribution >= 4 is 33.2 Å². The first kappa shape index (κ1) is 29.9. The molecule has 1 aromatic heterocycles. The Labute approximate surface area is 249 Å². The Morgan fingerprint density at radius 2 is 1.95 bits per heavy atom. The van der Waals surface area contributed by atoms with Crippen LogP contribution in [0.2, 0.25) is 5.02 Å². The average molecular weight is 613 g/mol. The van der Waals surface area contributed by atoms with Crippen molar-refractivity contribution in [1.82, 2.24) is 14.3 Å². The van der Waals surface area contributed by atoms with E-state index in [1.165, 1.54) is 18.2 Å². The van der Waals surface area contributed by atoms with Crippen LogP contribution in [0, 0.1) is 11.6 Å². The van der Waals surface area contributed by atoms with E-state index in [1.807, 2.05) is 29.8 Å². The predicted octanol–water partition coefficient (Wildman–Crippen LogP) is 6.43. The molecule has 0 bridgehead atoms. The number of halogens is 3. The Balaban J connectivity index is 1.46. The van der Waals surface area contributed by atoms with E-state index in [1.54, 1.807) is 36.4 Å². The number of hydrogen-bond acceptors (Lipinski definition) is 4. The molecule has 0 unspecified atom stereocenters. The van der Waals surface area contributed by atoms with Crippen molar-refractivity contribution in [3.8, 4) is 0 Å². The number of aryl methyl sites for hydroxylation is 2. The summed E-state index contributed by atoms with van der Waals surface area (Å²) >= 11 is 6.05. The Bertz CT molecular complexity index is 1730. The largest absolute Gasteiger partial charge is 0.337 e. The molecule has 4 aromatic rings. The third kappa shape index (κ3) is 6.56. The van der Waals surface area contributed by atoms with Crippen LogP contribution in [-0.4, -0.2) is 23.9 Å². The first-order valence-corrected chi connectivity index (χ1v) is 15.5. The molecule has 1 N–H and O–H groups in total. The van der Waals surface area contributed by atoms with E-state index in [0.29, 0.717) is 28.5 Å². The fourth-order valence-corrected chi connectivity index (χ4v) is 6.84. The monoisotopic (exact) mass is 612 g/mol. The van der Waals surface area contributed by atoms with Crippen LogP contribution in [0.3, 0.4) is 0 Å². The molecule has 0 saturated carbocycles. The molecule has 0 saturated heterocycles. The molecule has 0 spiro atoms. The number of amides is 1. The van der Waals surface area contributed by atoms with Gasteiger partial charge >= 0.3 is 0 Å². The number of nitrogens with one attached hydrogen (secondary N) is 1. The molecule has 3 aromatic carbocycles. The number of sulfonamides is 1. The standard InChI is InChI=1S/C31H31ClF2N4O3S/c1-20(22-10-12-27(33)28(34)16-22)15-31(39)38(19-30-35-13-14-37(30)2)24-11-9-21-5-3-8-29(26(21)18-24)36-42(40,41)25-7-4-6-23(32)17-25/h4,6-7,9-14,16-18,20,29,36H,3,5,8,15,19H2,1-2H3/t20-,29-/m0/s1. The Morgan fingerprint density at radius 1 is 1.14 bits per heavy atom. The molecule has 1 aliphatic carbocycles. The minimum Gasteiger partial charge on any atom is -0.337 e. The zero-order chi connectivity index (χ0) is 30.0. The highest BCUT2D eigenvalue weighted by atomic mass is 35.5. The van der Waals surface area contributed by atoms with Crippen LogP contribution in [-0.2, 0) is 34.8 Å². The first-order chi connectivity index (χ1) is 20.0. The molecule has 0 radical (unpaired) electrons. The molecule has 11 heteroatoms. The highest BCUT2D eigenvalue weighted by Crippen LogP contribution is 2.35. The van der Waals surface area contributed by atoms with Crippen molar-refractivity contribution in [2.45, 2.75) is 56.0 Å². The smallest absolute Gasteiger partial charge is 0.241 e. The second-order valence-corrected chi connectivity index (χ2v) is 12.8. The van der Waals surface area contributed by atoms with E-state index in [0.717, 1.165) is 36.1 Å². The van der Waals surface area contributed by atoms with E-state index in [4.69, 9.17) is 11.6 Å². The van der Waals surface area contributed by atoms with Crippen molar-refractivity contribution in [2.24, 2.45) is 7.05 Å². The van der Waals surface area contributed by atoms with Gasteiger partial charge in [0.05, 0.1) is 11.4 Å². The summed E-state index contributed by atoms with van der Waals surface area (Å²) in [4.78, 5) is 19.9. The molecule has 42 heavy (non-hydrogen) atoms. The number of benzene rings is 3. The maximum absolute atomic E-state index is 13.9. The van der Waals surface area contributed by atoms with Gasteiger partial charge in [-0.25, -0.2) is 26.9 Å². The van der Waals surface area contributed by atoms with E-state index >= 15 is 0 Å². The number of nitrogens with zero attached hydrogens (tertiary/aromatic N) is 3. The van der Waals surface area contributed by atoms with Gasteiger partial charge in [-0.3, -0.25) is 4.79 Å². The number of aromatic nitrogens is 2. The van der Waals surface area contributed by atoms with Gasteiger partial charge in [-0.05, 0) is 84.3 Å². The van der Waals surface area contributed by atoms with Crippen molar-refractivity contribution in [1.29, 1.82) is 0 Å². The van der Waals surface area contributed by atoms with Crippen LogP contribution in [0.5, 0.6) is 0 Å². The van der Waals surface area contributed by atoms with Gasteiger partial charge in [0, 0.05) is 42.6 Å². The Morgan fingerprint density at radius 3 is 2.67 bits per heavy atom. The van der Waals surface area contributed by atoms with Gasteiger partial charge in [-0.15, -0.1) is 0 Å². The number of anilines is 1. The van der Waals surface area contributed by atoms with E-state index < -0.39 is 27.7 Å². The maximum atomic E-state index is 13.9. The number of carbonyl (C=O) groups excluding carboxylic acids is 1. The molecule has 7 nitrogen and oxygen atoms in total. The summed E-state index contributed by atoms with van der Waals surface area (Å²) in [6, 6.07) is 14.9. The molecule has 220 valence electrons. The van der Waals surface area contributed by atoms with Crippen LogP contribution in [0.1, 0.15) is 60.7 Å². The molecule has 5 rings (SSSR count). The Hall–Kier alpha value is -3.60. The van der Waals surface area contributed by atoms with Crippen molar-refractivity contribution < 1.29 is 22.0 Å². The normalized spacial score (nSPS) is 15.7. The lowest BCUT2D eigenvalue weighted by atomic mass is 9.87. The van der Waals surface area contributed by atoms with Gasteiger partial charge in [-0.2, -0.15) is 0 Å². The second kappa shape index (κ2) is 12.3. The summed E-state index contributed by atoms with van der Waals surface area (Å²) in [5.41, 5.74) is 2.91. The summed E-state index contributed by atoms with van der Waals surface area (Å²) in [5.74, 6) is -1.87. The van der Waals surface area contributed by atoms with Crippen LogP contribution < -0.4 is 9.62 Å². The van der Waals surface area contributed by atoms with Gasteiger partial charge in [0.1, 0.15) is 5.82 Å². The minimum atomic E-state index is -3.86. The molecule has 2 atom stereocenters. The summed E-state index contributed by atoms with van der Waals surface area (Å²) in [6.45, 7) is 1.96. The van der Waals surface area contributed by atoms with Crippen LogP contribution in [0.15, 0.2) is 78.0 Å². The van der Waals surface area contributed by atoms with Gasteiger partial charge in [0.25, 0.3) is 0 Å². The fourth-order valence-electron chi connectivity index (χ4n) is 5.29. The summed E-state index contributed by atoms with van der Waals surface area (Å²) in [5, 5.41) is 0.324. The molecule has 1 amide bonds. The summed E-state index contributed by atoms with van der Waals surface area (Å²) < 4.78 is 58.5. The second-order valence-electron chi connectivity index (χ2n) is 10.6. The molecule has 0 fully saturated rings. The average Bonchev–Trinajstić information content (AvgIpc) is 3.37. The molecular weight excluding hydrogens is 582 g/mol. The van der Waals surface area contributed by atoms with E-state index in [-0.39, 0.29) is 29.7 Å². The van der Waals surface area contributed by atoms with Crippen LogP contribution in [0.25, 0.3) is 0 Å². The zero-order valence-electron chi connectivity index (χ0n) is 23.2. The highest BCUT2D eigenvalue weighted by molar-refractivity contribution is 7.89. The third-order valence-electron chi connectivity index (χ3n) is 7.67. The molecule has 1 heterocycles. The molecular formula is C31H31ClF2N4O3S. The van der Waals surface area contributed by atoms with E-state index in [9.17, 15) is 22.0 Å². The number of rotatable bonds is 9. The lowest BCUT2D eigenvalue weighted by Crippen LogP contribution is -2.34. The van der Waals surface area contributed by atoms with Gasteiger partial charge in [0.15, 0.2) is 11.6 Å².